The first-order valence-electron chi connectivity index (χ1n) is 7.62. The van der Waals surface area contributed by atoms with E-state index >= 15 is 0 Å². The maximum Gasteiger partial charge on any atom is 0.161 e. The zero-order chi connectivity index (χ0) is 17.5. The van der Waals surface area contributed by atoms with Crippen LogP contribution in [-0.4, -0.2) is 5.11 Å². The molecule has 0 bridgehead atoms. The molecular weight excluding hydrogens is 282 g/mol. The normalized spacial score (nSPS) is 8.41. The molecule has 0 saturated carbocycles. The Morgan fingerprint density at radius 2 is 1.27 bits per heavy atom. The van der Waals surface area contributed by atoms with Gasteiger partial charge in [-0.05, 0) is 36.6 Å². The molecule has 2 rings (SSSR count). The molecule has 0 aliphatic carbocycles. The van der Waals surface area contributed by atoms with Gasteiger partial charge in [0.15, 0.2) is 11.6 Å². The number of aliphatic hydroxyl groups is 1. The molecule has 0 fully saturated rings. The molecule has 124 valence electrons. The molecule has 0 heterocycles. The number of halogens is 2. The fourth-order valence-corrected chi connectivity index (χ4v) is 1.40. The number of rotatable bonds is 1. The molecule has 2 aromatic rings. The smallest absolute Gasteiger partial charge is 0.161 e. The van der Waals surface area contributed by atoms with Gasteiger partial charge in [0.2, 0.25) is 0 Å². The van der Waals surface area contributed by atoms with E-state index in [1.165, 1.54) is 19.1 Å². The quantitative estimate of drug-likeness (QED) is 0.704. The van der Waals surface area contributed by atoms with E-state index in [9.17, 15) is 8.78 Å². The first-order chi connectivity index (χ1) is 10.6. The van der Waals surface area contributed by atoms with Gasteiger partial charge in [0.1, 0.15) is 0 Å². The Labute approximate surface area is 133 Å². The van der Waals surface area contributed by atoms with Crippen molar-refractivity contribution in [2.24, 2.45) is 0 Å². The zero-order valence-electron chi connectivity index (χ0n) is 14.5. The highest BCUT2D eigenvalue weighted by Crippen LogP contribution is 2.08. The zero-order valence-corrected chi connectivity index (χ0v) is 14.5. The summed E-state index contributed by atoms with van der Waals surface area (Å²) >= 11 is 0. The predicted octanol–water partition coefficient (Wildman–Crippen LogP) is 5.81. The molecule has 0 unspecified atom stereocenters. The van der Waals surface area contributed by atoms with Gasteiger partial charge in [-0.1, -0.05) is 64.1 Å². The fourth-order valence-electron chi connectivity index (χ4n) is 1.40. The molecule has 1 nitrogen and oxygen atoms in total. The molecule has 22 heavy (non-hydrogen) atoms. The molecule has 2 aromatic carbocycles. The van der Waals surface area contributed by atoms with Gasteiger partial charge in [0.25, 0.3) is 0 Å². The molecule has 0 aromatic heterocycles. The number of hydrogen-bond acceptors (Lipinski definition) is 1. The second kappa shape index (κ2) is 14.2. The van der Waals surface area contributed by atoms with Crippen molar-refractivity contribution < 1.29 is 13.9 Å². The highest BCUT2D eigenvalue weighted by Gasteiger charge is 2.00. The highest BCUT2D eigenvalue weighted by molar-refractivity contribution is 5.24. The van der Waals surface area contributed by atoms with Crippen LogP contribution in [0.4, 0.5) is 8.78 Å². The summed E-state index contributed by atoms with van der Waals surface area (Å²) in [4.78, 5) is 0. The minimum Gasteiger partial charge on any atom is -0.392 e. The van der Waals surface area contributed by atoms with Crippen LogP contribution < -0.4 is 0 Å². The number of benzene rings is 2. The maximum absolute atomic E-state index is 12.4. The van der Waals surface area contributed by atoms with Crippen LogP contribution in [0.15, 0.2) is 42.5 Å². The Morgan fingerprint density at radius 3 is 1.64 bits per heavy atom. The predicted molar refractivity (Wildman–Crippen MR) is 90.9 cm³/mol. The number of aliphatic hydroxyl groups excluding tert-OH is 1. The summed E-state index contributed by atoms with van der Waals surface area (Å²) < 4.78 is 24.6. The summed E-state index contributed by atoms with van der Waals surface area (Å²) in [5.41, 5.74) is 2.51. The van der Waals surface area contributed by atoms with Crippen molar-refractivity contribution in [3.05, 3.63) is 70.8 Å². The van der Waals surface area contributed by atoms with Crippen molar-refractivity contribution in [3.63, 3.8) is 0 Å². The Kier molecular flexibility index (Phi) is 14.6. The topological polar surface area (TPSA) is 20.2 Å². The van der Waals surface area contributed by atoms with Gasteiger partial charge in [-0.2, -0.15) is 0 Å². The van der Waals surface area contributed by atoms with E-state index < -0.39 is 11.6 Å². The average molecular weight is 310 g/mol. The Bertz CT molecular complexity index is 490. The van der Waals surface area contributed by atoms with Crippen molar-refractivity contribution in [1.29, 1.82) is 0 Å². The van der Waals surface area contributed by atoms with Crippen molar-refractivity contribution in [2.75, 3.05) is 0 Å². The van der Waals surface area contributed by atoms with Crippen molar-refractivity contribution in [3.8, 4) is 0 Å². The number of hydrogen-bond donors (Lipinski definition) is 1. The monoisotopic (exact) mass is 310 g/mol. The lowest BCUT2D eigenvalue weighted by atomic mass is 10.1. The maximum atomic E-state index is 12.4. The van der Waals surface area contributed by atoms with Crippen molar-refractivity contribution in [2.45, 2.75) is 48.1 Å². The lowest BCUT2D eigenvalue weighted by Gasteiger charge is -1.97. The van der Waals surface area contributed by atoms with Gasteiger partial charge in [-0.3, -0.25) is 0 Å². The molecule has 0 atom stereocenters. The molecule has 1 N–H and O–H groups in total. The van der Waals surface area contributed by atoms with E-state index in [2.05, 4.69) is 0 Å². The van der Waals surface area contributed by atoms with E-state index in [-0.39, 0.29) is 6.61 Å². The summed E-state index contributed by atoms with van der Waals surface area (Å²) in [6.45, 7) is 11.7. The molecule has 3 heteroatoms. The summed E-state index contributed by atoms with van der Waals surface area (Å²) in [5.74, 6) is -1.53. The van der Waals surface area contributed by atoms with Crippen LogP contribution in [0.1, 0.15) is 44.4 Å². The van der Waals surface area contributed by atoms with Crippen LogP contribution in [0.5, 0.6) is 0 Å². The standard InChI is InChI=1S/C8H10O.C7H6F2.2C2H6/c1-7-4-2-3-5-8(7)6-9;1-5-3-2-4-6(8)7(5)9;2*1-2/h2-5,9H,6H2,1H3;2-4H,1H3;2*1-2H3. The number of aryl methyl sites for hydroxylation is 2. The van der Waals surface area contributed by atoms with Gasteiger partial charge in [0.05, 0.1) is 6.61 Å². The lowest BCUT2D eigenvalue weighted by Crippen LogP contribution is -1.85. The molecule has 0 amide bonds. The van der Waals surface area contributed by atoms with Crippen LogP contribution in [-0.2, 0) is 6.61 Å². The van der Waals surface area contributed by atoms with E-state index in [4.69, 9.17) is 5.11 Å². The minimum absolute atomic E-state index is 0.146. The van der Waals surface area contributed by atoms with E-state index in [1.54, 1.807) is 0 Å². The van der Waals surface area contributed by atoms with E-state index in [0.717, 1.165) is 17.2 Å². The van der Waals surface area contributed by atoms with Gasteiger partial charge < -0.3 is 5.11 Å². The summed E-state index contributed by atoms with van der Waals surface area (Å²) in [6, 6.07) is 11.9. The van der Waals surface area contributed by atoms with Crippen LogP contribution in [0.3, 0.4) is 0 Å². The average Bonchev–Trinajstić information content (AvgIpc) is 2.57. The van der Waals surface area contributed by atoms with Gasteiger partial charge >= 0.3 is 0 Å². The molecular formula is C19H28F2O. The third-order valence-corrected chi connectivity index (χ3v) is 2.58. The molecule has 0 spiro atoms. The second-order valence-electron chi connectivity index (χ2n) is 3.96. The Morgan fingerprint density at radius 1 is 0.773 bits per heavy atom. The SMILES string of the molecule is CC.CC.Cc1cccc(F)c1F.Cc1ccccc1CO. The molecule has 0 saturated heterocycles. The van der Waals surface area contributed by atoms with Crippen LogP contribution in [0, 0.1) is 25.5 Å². The first kappa shape index (κ1) is 22.5. The highest BCUT2D eigenvalue weighted by atomic mass is 19.2. The first-order valence-corrected chi connectivity index (χ1v) is 7.62. The van der Waals surface area contributed by atoms with Crippen molar-refractivity contribution in [1.82, 2.24) is 0 Å². The summed E-state index contributed by atoms with van der Waals surface area (Å²) in [6.07, 6.45) is 0. The third kappa shape index (κ3) is 8.53. The van der Waals surface area contributed by atoms with E-state index in [0.29, 0.717) is 5.56 Å². The Hall–Kier alpha value is -1.74. The van der Waals surface area contributed by atoms with Gasteiger partial charge in [-0.15, -0.1) is 0 Å². The summed E-state index contributed by atoms with van der Waals surface area (Å²) in [5, 5.41) is 8.72. The Balaban J connectivity index is 0. The second-order valence-corrected chi connectivity index (χ2v) is 3.96. The molecule has 0 radical (unpaired) electrons. The summed E-state index contributed by atoms with van der Waals surface area (Å²) in [7, 11) is 0. The van der Waals surface area contributed by atoms with Crippen LogP contribution >= 0.6 is 0 Å². The third-order valence-electron chi connectivity index (χ3n) is 2.58. The lowest BCUT2D eigenvalue weighted by molar-refractivity contribution is 0.281. The van der Waals surface area contributed by atoms with E-state index in [1.807, 2.05) is 58.9 Å². The van der Waals surface area contributed by atoms with Crippen LogP contribution in [0.25, 0.3) is 0 Å². The van der Waals surface area contributed by atoms with Crippen LogP contribution in [0.2, 0.25) is 0 Å². The van der Waals surface area contributed by atoms with Crippen molar-refractivity contribution >= 4 is 0 Å². The largest absolute Gasteiger partial charge is 0.392 e. The molecule has 0 aliphatic rings. The fraction of sp³-hybridized carbons (Fsp3) is 0.368. The minimum atomic E-state index is -0.782. The van der Waals surface area contributed by atoms with Gasteiger partial charge in [0, 0.05) is 0 Å². The van der Waals surface area contributed by atoms with Gasteiger partial charge in [-0.25, -0.2) is 8.78 Å². The molecule has 0 aliphatic heterocycles.